The molecule has 4 rings (SSSR count). The lowest BCUT2D eigenvalue weighted by atomic mass is 9.99. The van der Waals surface area contributed by atoms with E-state index in [0.717, 1.165) is 11.1 Å². The molecule has 0 aliphatic heterocycles. The monoisotopic (exact) mass is 356 g/mol. The van der Waals surface area contributed by atoms with Crippen molar-refractivity contribution >= 4 is 16.9 Å². The summed E-state index contributed by atoms with van der Waals surface area (Å²) in [5, 5.41) is 3.64. The Kier molecular flexibility index (Phi) is 4.49. The number of carbonyl (C=O) groups excluding carboxylic acids is 1. The fourth-order valence-electron chi connectivity index (χ4n) is 2.99. The van der Waals surface area contributed by atoms with E-state index in [0.29, 0.717) is 11.0 Å². The minimum Gasteiger partial charge on any atom is -0.422 e. The normalized spacial score (nSPS) is 11.9. The summed E-state index contributed by atoms with van der Waals surface area (Å²) in [6.45, 7) is 0. The van der Waals surface area contributed by atoms with Crippen molar-refractivity contribution in [2.24, 2.45) is 0 Å². The van der Waals surface area contributed by atoms with Gasteiger partial charge in [-0.2, -0.15) is 0 Å². The number of nitrogens with one attached hydrogen (secondary N) is 1. The highest BCUT2D eigenvalue weighted by Gasteiger charge is 2.20. The molecule has 0 saturated heterocycles. The second kappa shape index (κ2) is 7.25. The van der Waals surface area contributed by atoms with E-state index in [-0.39, 0.29) is 5.56 Å². The number of nitrogens with zero attached hydrogens (tertiary/aromatic N) is 1. The van der Waals surface area contributed by atoms with E-state index in [2.05, 4.69) is 10.3 Å². The lowest BCUT2D eigenvalue weighted by molar-refractivity contribution is 0.0939. The second-order valence-corrected chi connectivity index (χ2v) is 6.08. The zero-order valence-corrected chi connectivity index (χ0v) is 14.3. The number of carbonyl (C=O) groups is 1. The second-order valence-electron chi connectivity index (χ2n) is 6.08. The Hall–Kier alpha value is -3.73. The molecule has 27 heavy (non-hydrogen) atoms. The molecule has 0 spiro atoms. The van der Waals surface area contributed by atoms with Gasteiger partial charge in [-0.3, -0.25) is 9.78 Å². The molecule has 0 fully saturated rings. The summed E-state index contributed by atoms with van der Waals surface area (Å²) in [5.41, 5.74) is 1.54. The minimum atomic E-state index is -0.659. The summed E-state index contributed by atoms with van der Waals surface area (Å²) in [6, 6.07) is 21.5. The van der Waals surface area contributed by atoms with Crippen molar-refractivity contribution in [3.63, 3.8) is 0 Å². The van der Waals surface area contributed by atoms with Gasteiger partial charge >= 0.3 is 5.63 Å². The molecule has 2 aromatic carbocycles. The predicted molar refractivity (Wildman–Crippen MR) is 102 cm³/mol. The molecule has 132 valence electrons. The van der Waals surface area contributed by atoms with E-state index >= 15 is 0 Å². The number of pyridine rings is 1. The van der Waals surface area contributed by atoms with Crippen LogP contribution in [0.4, 0.5) is 0 Å². The third kappa shape index (κ3) is 3.48. The maximum atomic E-state index is 12.9. The molecule has 0 radical (unpaired) electrons. The Labute approximate surface area is 155 Å². The molecule has 0 bridgehead atoms. The molecule has 5 nitrogen and oxygen atoms in total. The van der Waals surface area contributed by atoms with Crippen molar-refractivity contribution in [2.45, 2.75) is 6.04 Å². The van der Waals surface area contributed by atoms with Crippen LogP contribution in [0.25, 0.3) is 11.0 Å². The van der Waals surface area contributed by atoms with Crippen molar-refractivity contribution in [3.05, 3.63) is 112 Å². The quantitative estimate of drug-likeness (QED) is 0.566. The summed E-state index contributed by atoms with van der Waals surface area (Å²) in [4.78, 5) is 29.2. The van der Waals surface area contributed by atoms with Gasteiger partial charge in [0, 0.05) is 17.8 Å². The van der Waals surface area contributed by atoms with E-state index in [9.17, 15) is 9.59 Å². The average molecular weight is 356 g/mol. The highest BCUT2D eigenvalue weighted by molar-refractivity contribution is 5.97. The highest BCUT2D eigenvalue weighted by Crippen LogP contribution is 2.22. The molecule has 1 N–H and O–H groups in total. The van der Waals surface area contributed by atoms with Gasteiger partial charge < -0.3 is 9.73 Å². The third-order valence-corrected chi connectivity index (χ3v) is 4.33. The van der Waals surface area contributed by atoms with Gasteiger partial charge in [0.15, 0.2) is 0 Å². The third-order valence-electron chi connectivity index (χ3n) is 4.33. The molecule has 1 atom stereocenters. The number of fused-ring (bicyclic) bond motifs is 1. The van der Waals surface area contributed by atoms with Gasteiger partial charge in [0.05, 0.1) is 6.04 Å². The Morgan fingerprint density at radius 3 is 2.33 bits per heavy atom. The number of benzene rings is 2. The smallest absolute Gasteiger partial charge is 0.349 e. The molecular weight excluding hydrogens is 340 g/mol. The molecule has 2 aromatic heterocycles. The van der Waals surface area contributed by atoms with Crippen LogP contribution < -0.4 is 10.9 Å². The average Bonchev–Trinajstić information content (AvgIpc) is 2.72. The van der Waals surface area contributed by atoms with E-state index in [1.165, 1.54) is 0 Å². The van der Waals surface area contributed by atoms with Crippen molar-refractivity contribution < 1.29 is 9.21 Å². The number of para-hydroxylation sites is 1. The van der Waals surface area contributed by atoms with E-state index in [4.69, 9.17) is 4.42 Å². The Morgan fingerprint density at radius 1 is 0.889 bits per heavy atom. The van der Waals surface area contributed by atoms with Crippen LogP contribution in [0, 0.1) is 0 Å². The summed E-state index contributed by atoms with van der Waals surface area (Å²) in [5.74, 6) is -0.486. The SMILES string of the molecule is O=C(NC(c1ccccc1)c1ccncc1)c1cc2ccccc2oc1=O. The molecule has 0 aliphatic carbocycles. The number of amides is 1. The number of aromatic nitrogens is 1. The van der Waals surface area contributed by atoms with Crippen LogP contribution in [0.2, 0.25) is 0 Å². The van der Waals surface area contributed by atoms with Crippen molar-refractivity contribution in [3.8, 4) is 0 Å². The van der Waals surface area contributed by atoms with E-state index < -0.39 is 17.6 Å². The van der Waals surface area contributed by atoms with Crippen LogP contribution in [0.3, 0.4) is 0 Å². The van der Waals surface area contributed by atoms with Crippen molar-refractivity contribution in [2.75, 3.05) is 0 Å². The van der Waals surface area contributed by atoms with Gasteiger partial charge in [0.1, 0.15) is 11.1 Å². The number of rotatable bonds is 4. The van der Waals surface area contributed by atoms with Gasteiger partial charge in [-0.15, -0.1) is 0 Å². The summed E-state index contributed by atoms with van der Waals surface area (Å²) in [6.07, 6.45) is 3.34. The molecule has 0 aliphatic rings. The van der Waals surface area contributed by atoms with E-state index in [1.807, 2.05) is 48.5 Å². The highest BCUT2D eigenvalue weighted by atomic mass is 16.4. The van der Waals surface area contributed by atoms with Crippen LogP contribution in [0.1, 0.15) is 27.5 Å². The molecule has 2 heterocycles. The van der Waals surface area contributed by atoms with Gasteiger partial charge in [-0.25, -0.2) is 4.79 Å². The number of hydrogen-bond donors (Lipinski definition) is 1. The topological polar surface area (TPSA) is 72.2 Å². The van der Waals surface area contributed by atoms with Gasteiger partial charge in [-0.1, -0.05) is 48.5 Å². The first-order chi connectivity index (χ1) is 13.2. The Bertz CT molecular complexity index is 1100. The first-order valence-corrected chi connectivity index (χ1v) is 8.51. The largest absolute Gasteiger partial charge is 0.422 e. The standard InChI is InChI=1S/C22H16N2O3/c25-21(18-14-17-8-4-5-9-19(17)27-22(18)26)24-20(15-6-2-1-3-7-15)16-10-12-23-13-11-16/h1-14,20H,(H,24,25). The lowest BCUT2D eigenvalue weighted by Crippen LogP contribution is -2.32. The first kappa shape index (κ1) is 16.7. The van der Waals surface area contributed by atoms with Crippen molar-refractivity contribution in [1.82, 2.24) is 10.3 Å². The summed E-state index contributed by atoms with van der Waals surface area (Å²) >= 11 is 0. The molecule has 1 unspecified atom stereocenters. The van der Waals surface area contributed by atoms with Crippen LogP contribution >= 0.6 is 0 Å². The lowest BCUT2D eigenvalue weighted by Gasteiger charge is -2.19. The van der Waals surface area contributed by atoms with Crippen LogP contribution in [0.15, 0.2) is 94.4 Å². The molecule has 1 amide bonds. The van der Waals surface area contributed by atoms with Gasteiger partial charge in [0.25, 0.3) is 5.91 Å². The first-order valence-electron chi connectivity index (χ1n) is 8.51. The maximum absolute atomic E-state index is 12.9. The fourth-order valence-corrected chi connectivity index (χ4v) is 2.99. The predicted octanol–water partition coefficient (Wildman–Crippen LogP) is 3.71. The minimum absolute atomic E-state index is 0.0244. The summed E-state index contributed by atoms with van der Waals surface area (Å²) in [7, 11) is 0. The number of hydrogen-bond acceptors (Lipinski definition) is 4. The Morgan fingerprint density at radius 2 is 1.56 bits per heavy atom. The summed E-state index contributed by atoms with van der Waals surface area (Å²) < 4.78 is 5.28. The molecule has 5 heteroatoms. The maximum Gasteiger partial charge on any atom is 0.349 e. The molecule has 0 saturated carbocycles. The molecular formula is C22H16N2O3. The van der Waals surface area contributed by atoms with Crippen LogP contribution in [-0.2, 0) is 0 Å². The van der Waals surface area contributed by atoms with Gasteiger partial charge in [0.2, 0.25) is 0 Å². The van der Waals surface area contributed by atoms with Gasteiger partial charge in [-0.05, 0) is 35.4 Å². The fraction of sp³-hybridized carbons (Fsp3) is 0.0455. The van der Waals surface area contributed by atoms with E-state index in [1.54, 1.807) is 36.7 Å². The van der Waals surface area contributed by atoms with Crippen LogP contribution in [-0.4, -0.2) is 10.9 Å². The molecule has 4 aromatic rings. The zero-order valence-electron chi connectivity index (χ0n) is 14.3. The van der Waals surface area contributed by atoms with Crippen molar-refractivity contribution in [1.29, 1.82) is 0 Å². The Balaban J connectivity index is 1.72. The van der Waals surface area contributed by atoms with Crippen LogP contribution in [0.5, 0.6) is 0 Å². The zero-order chi connectivity index (χ0) is 18.6.